The molecular weight excluding hydrogens is 272 g/mol. The van der Waals surface area contributed by atoms with Gasteiger partial charge in [-0.25, -0.2) is 0 Å². The van der Waals surface area contributed by atoms with Gasteiger partial charge in [0.15, 0.2) is 0 Å². The van der Waals surface area contributed by atoms with E-state index in [1.807, 2.05) is 13.0 Å². The topological polar surface area (TPSA) is 106 Å². The smallest absolute Gasteiger partial charge is 0.120 e. The van der Waals surface area contributed by atoms with Gasteiger partial charge < -0.3 is 25.4 Å². The number of aliphatic hydroxyl groups excluding tert-OH is 3. The van der Waals surface area contributed by atoms with Crippen molar-refractivity contribution < 1.29 is 20.1 Å². The summed E-state index contributed by atoms with van der Waals surface area (Å²) in [6.45, 7) is 1.66. The number of nitrogens with one attached hydrogen (secondary N) is 1. The Kier molecular flexibility index (Phi) is 7.12. The number of aliphatic hydroxyl groups is 3. The predicted molar refractivity (Wildman–Crippen MR) is 77.9 cm³/mol. The van der Waals surface area contributed by atoms with Gasteiger partial charge in [0.05, 0.1) is 30.4 Å². The highest BCUT2D eigenvalue weighted by atomic mass is 16.5. The molecule has 0 radical (unpaired) electrons. The first-order chi connectivity index (χ1) is 10.1. The Bertz CT molecular complexity index is 461. The van der Waals surface area contributed by atoms with E-state index in [1.54, 1.807) is 24.3 Å². The molecule has 4 N–H and O–H groups in total. The van der Waals surface area contributed by atoms with Crippen molar-refractivity contribution in [2.24, 2.45) is 0 Å². The normalized spacial score (nSPS) is 12.7. The standard InChI is InChI=1S/C15H22N2O4/c1-2-15(10-18,11-19)17-8-13(20)9-21-14-5-3-4-12(6-14)7-16/h3-6,13,17-20H,2,8-11H2,1H3. The van der Waals surface area contributed by atoms with Crippen LogP contribution in [0.3, 0.4) is 0 Å². The van der Waals surface area contributed by atoms with Crippen LogP contribution in [0.25, 0.3) is 0 Å². The van der Waals surface area contributed by atoms with E-state index < -0.39 is 11.6 Å². The molecule has 6 heteroatoms. The number of benzene rings is 1. The number of hydrogen-bond donors (Lipinski definition) is 4. The zero-order chi connectivity index (χ0) is 15.7. The van der Waals surface area contributed by atoms with Gasteiger partial charge in [0.2, 0.25) is 0 Å². The van der Waals surface area contributed by atoms with Crippen molar-refractivity contribution in [1.29, 1.82) is 5.26 Å². The van der Waals surface area contributed by atoms with Crippen LogP contribution < -0.4 is 10.1 Å². The van der Waals surface area contributed by atoms with Gasteiger partial charge in [-0.3, -0.25) is 0 Å². The highest BCUT2D eigenvalue weighted by molar-refractivity contribution is 5.36. The van der Waals surface area contributed by atoms with Crippen molar-refractivity contribution in [3.8, 4) is 11.8 Å². The fraction of sp³-hybridized carbons (Fsp3) is 0.533. The lowest BCUT2D eigenvalue weighted by Crippen LogP contribution is -2.54. The second-order valence-corrected chi connectivity index (χ2v) is 4.94. The average Bonchev–Trinajstić information content (AvgIpc) is 2.55. The molecule has 0 heterocycles. The number of nitriles is 1. The summed E-state index contributed by atoms with van der Waals surface area (Å²) in [5.74, 6) is 0.513. The number of ether oxygens (including phenoxy) is 1. The molecule has 0 bridgehead atoms. The van der Waals surface area contributed by atoms with Crippen LogP contribution in [0.5, 0.6) is 5.75 Å². The quantitative estimate of drug-likeness (QED) is 0.512. The molecule has 0 spiro atoms. The van der Waals surface area contributed by atoms with Gasteiger partial charge in [-0.2, -0.15) is 5.26 Å². The molecule has 0 fully saturated rings. The SMILES string of the molecule is CCC(CO)(CO)NCC(O)COc1cccc(C#N)c1. The van der Waals surface area contributed by atoms with Gasteiger partial charge >= 0.3 is 0 Å². The largest absolute Gasteiger partial charge is 0.491 e. The lowest BCUT2D eigenvalue weighted by Gasteiger charge is -2.30. The van der Waals surface area contributed by atoms with Crippen molar-refractivity contribution in [2.75, 3.05) is 26.4 Å². The molecule has 0 aromatic heterocycles. The van der Waals surface area contributed by atoms with Crippen LogP contribution in [-0.2, 0) is 0 Å². The minimum atomic E-state index is -0.792. The van der Waals surface area contributed by atoms with E-state index in [9.17, 15) is 15.3 Å². The summed E-state index contributed by atoms with van der Waals surface area (Å²) in [5, 5.41) is 40.2. The number of rotatable bonds is 9. The summed E-state index contributed by atoms with van der Waals surface area (Å²) < 4.78 is 5.41. The molecule has 0 aliphatic rings. The van der Waals surface area contributed by atoms with Crippen molar-refractivity contribution in [3.05, 3.63) is 29.8 Å². The Morgan fingerprint density at radius 2 is 2.10 bits per heavy atom. The van der Waals surface area contributed by atoms with E-state index >= 15 is 0 Å². The monoisotopic (exact) mass is 294 g/mol. The first kappa shape index (κ1) is 17.4. The van der Waals surface area contributed by atoms with E-state index in [-0.39, 0.29) is 26.4 Å². The second-order valence-electron chi connectivity index (χ2n) is 4.94. The lowest BCUT2D eigenvalue weighted by molar-refractivity contribution is 0.0568. The third-order valence-electron chi connectivity index (χ3n) is 3.40. The molecule has 0 aliphatic heterocycles. The second kappa shape index (κ2) is 8.60. The average molecular weight is 294 g/mol. The fourth-order valence-electron chi connectivity index (χ4n) is 1.75. The molecule has 116 valence electrons. The van der Waals surface area contributed by atoms with Gasteiger partial charge in [-0.15, -0.1) is 0 Å². The summed E-state index contributed by atoms with van der Waals surface area (Å²) in [7, 11) is 0. The number of hydrogen-bond acceptors (Lipinski definition) is 6. The minimum absolute atomic E-state index is 0.0541. The van der Waals surface area contributed by atoms with Gasteiger partial charge in [0.25, 0.3) is 0 Å². The zero-order valence-corrected chi connectivity index (χ0v) is 12.1. The number of nitrogens with zero attached hydrogens (tertiary/aromatic N) is 1. The minimum Gasteiger partial charge on any atom is -0.491 e. The van der Waals surface area contributed by atoms with Crippen LogP contribution in [-0.4, -0.2) is 53.3 Å². The zero-order valence-electron chi connectivity index (χ0n) is 12.1. The van der Waals surface area contributed by atoms with E-state index in [0.29, 0.717) is 17.7 Å². The van der Waals surface area contributed by atoms with Crippen molar-refractivity contribution in [3.63, 3.8) is 0 Å². The van der Waals surface area contributed by atoms with Gasteiger partial charge in [0, 0.05) is 6.54 Å². The third-order valence-corrected chi connectivity index (χ3v) is 3.40. The highest BCUT2D eigenvalue weighted by Gasteiger charge is 2.26. The van der Waals surface area contributed by atoms with Gasteiger partial charge in [-0.1, -0.05) is 13.0 Å². The molecule has 0 aliphatic carbocycles. The van der Waals surface area contributed by atoms with Crippen LogP contribution in [0.15, 0.2) is 24.3 Å². The van der Waals surface area contributed by atoms with E-state index in [1.165, 1.54) is 0 Å². The molecule has 1 rings (SSSR count). The maximum absolute atomic E-state index is 9.87. The molecule has 6 nitrogen and oxygen atoms in total. The van der Waals surface area contributed by atoms with Gasteiger partial charge in [0.1, 0.15) is 18.5 Å². The Hall–Kier alpha value is -1.65. The van der Waals surface area contributed by atoms with Gasteiger partial charge in [-0.05, 0) is 24.6 Å². The van der Waals surface area contributed by atoms with Crippen molar-refractivity contribution >= 4 is 0 Å². The summed E-state index contributed by atoms with van der Waals surface area (Å²) in [5.41, 5.74) is -0.299. The van der Waals surface area contributed by atoms with E-state index in [4.69, 9.17) is 10.00 Å². The Morgan fingerprint density at radius 3 is 2.67 bits per heavy atom. The Labute approximate surface area is 124 Å². The number of β-amino-alcohol motifs (C(OH)–C–C–N with tert-alkyl or cyclic N) is 1. The highest BCUT2D eigenvalue weighted by Crippen LogP contribution is 2.13. The first-order valence-electron chi connectivity index (χ1n) is 6.87. The van der Waals surface area contributed by atoms with Crippen molar-refractivity contribution in [2.45, 2.75) is 25.0 Å². The lowest BCUT2D eigenvalue weighted by atomic mass is 9.98. The van der Waals surface area contributed by atoms with Crippen LogP contribution in [0.2, 0.25) is 0 Å². The van der Waals surface area contributed by atoms with Crippen molar-refractivity contribution in [1.82, 2.24) is 5.32 Å². The predicted octanol–water partition coefficient (Wildman–Crippen LogP) is 0.0210. The molecule has 1 unspecified atom stereocenters. The molecule has 1 atom stereocenters. The molecule has 0 saturated heterocycles. The van der Waals surface area contributed by atoms with Crippen LogP contribution in [0, 0.1) is 11.3 Å². The summed E-state index contributed by atoms with van der Waals surface area (Å²) in [6, 6.07) is 8.69. The maximum Gasteiger partial charge on any atom is 0.120 e. The van der Waals surface area contributed by atoms with Crippen LogP contribution in [0.4, 0.5) is 0 Å². The summed E-state index contributed by atoms with van der Waals surface area (Å²) in [4.78, 5) is 0. The molecule has 0 saturated carbocycles. The molecule has 0 amide bonds. The molecular formula is C15H22N2O4. The first-order valence-corrected chi connectivity index (χ1v) is 6.87. The Balaban J connectivity index is 2.43. The fourth-order valence-corrected chi connectivity index (χ4v) is 1.75. The van der Waals surface area contributed by atoms with E-state index in [0.717, 1.165) is 0 Å². The van der Waals surface area contributed by atoms with E-state index in [2.05, 4.69) is 5.32 Å². The summed E-state index contributed by atoms with van der Waals surface area (Å²) >= 11 is 0. The maximum atomic E-state index is 9.87. The Morgan fingerprint density at radius 1 is 1.38 bits per heavy atom. The van der Waals surface area contributed by atoms with Crippen LogP contribution in [0.1, 0.15) is 18.9 Å². The third kappa shape index (κ3) is 5.33. The molecule has 1 aromatic carbocycles. The van der Waals surface area contributed by atoms with Crippen LogP contribution >= 0.6 is 0 Å². The molecule has 21 heavy (non-hydrogen) atoms. The molecule has 1 aromatic rings. The summed E-state index contributed by atoms with van der Waals surface area (Å²) in [6.07, 6.45) is -0.252.